The van der Waals surface area contributed by atoms with Gasteiger partial charge in [-0.15, -0.1) is 0 Å². The summed E-state index contributed by atoms with van der Waals surface area (Å²) in [6.45, 7) is 9.75. The van der Waals surface area contributed by atoms with Gasteiger partial charge in [-0.2, -0.15) is 0 Å². The van der Waals surface area contributed by atoms with Crippen LogP contribution in [-0.2, 0) is 11.2 Å². The molecule has 1 atom stereocenters. The Kier molecular flexibility index (Phi) is 5.28. The Labute approximate surface area is 162 Å². The first kappa shape index (κ1) is 18.6. The first-order valence-corrected chi connectivity index (χ1v) is 10.1. The van der Waals surface area contributed by atoms with Crippen LogP contribution in [0.1, 0.15) is 25.3 Å². The van der Waals surface area contributed by atoms with Crippen molar-refractivity contribution in [2.45, 2.75) is 26.2 Å². The second-order valence-electron chi connectivity index (χ2n) is 8.64. The molecule has 0 aliphatic carbocycles. The summed E-state index contributed by atoms with van der Waals surface area (Å²) in [5.74, 6) is 1.98. The Bertz CT molecular complexity index is 687. The number of hydrogen-bond donors (Lipinski definition) is 0. The average molecular weight is 373 g/mol. The number of piperidine rings is 1. The molecule has 1 aromatic rings. The summed E-state index contributed by atoms with van der Waals surface area (Å²) in [4.78, 5) is 19.4. The Balaban J connectivity index is 1.35. The van der Waals surface area contributed by atoms with Crippen molar-refractivity contribution >= 4 is 5.91 Å². The summed E-state index contributed by atoms with van der Waals surface area (Å²) in [6, 6.07) is 6.22. The Morgan fingerprint density at radius 3 is 2.67 bits per heavy atom. The van der Waals surface area contributed by atoms with Gasteiger partial charge in [0.1, 0.15) is 0 Å². The van der Waals surface area contributed by atoms with Gasteiger partial charge in [0.15, 0.2) is 11.5 Å². The SMILES string of the molecule is CN1CCN(CCN2CC(C)(Cc3ccc4c(c3)OCO4)CCC2=O)CC1. The number of amides is 1. The largest absolute Gasteiger partial charge is 0.454 e. The van der Waals surface area contributed by atoms with E-state index in [1.54, 1.807) is 0 Å². The van der Waals surface area contributed by atoms with Crippen LogP contribution in [0.5, 0.6) is 11.5 Å². The summed E-state index contributed by atoms with van der Waals surface area (Å²) < 4.78 is 10.9. The van der Waals surface area contributed by atoms with E-state index in [2.05, 4.69) is 40.8 Å². The van der Waals surface area contributed by atoms with Crippen LogP contribution in [0.4, 0.5) is 0 Å². The monoisotopic (exact) mass is 373 g/mol. The molecule has 1 unspecified atom stereocenters. The van der Waals surface area contributed by atoms with E-state index in [4.69, 9.17) is 9.47 Å². The number of hydrogen-bond acceptors (Lipinski definition) is 5. The lowest BCUT2D eigenvalue weighted by Crippen LogP contribution is -2.51. The molecule has 1 amide bonds. The topological polar surface area (TPSA) is 45.2 Å². The summed E-state index contributed by atoms with van der Waals surface area (Å²) in [7, 11) is 2.17. The lowest BCUT2D eigenvalue weighted by Gasteiger charge is -2.42. The third-order valence-electron chi connectivity index (χ3n) is 6.22. The minimum atomic E-state index is 0.115. The van der Waals surface area contributed by atoms with Crippen molar-refractivity contribution in [3.63, 3.8) is 0 Å². The highest BCUT2D eigenvalue weighted by atomic mass is 16.7. The smallest absolute Gasteiger partial charge is 0.231 e. The fourth-order valence-corrected chi connectivity index (χ4v) is 4.42. The number of carbonyl (C=O) groups is 1. The molecule has 0 aromatic heterocycles. The summed E-state index contributed by atoms with van der Waals surface area (Å²) in [5, 5.41) is 0. The van der Waals surface area contributed by atoms with Crippen molar-refractivity contribution in [1.82, 2.24) is 14.7 Å². The Morgan fingerprint density at radius 1 is 1.07 bits per heavy atom. The molecule has 27 heavy (non-hydrogen) atoms. The van der Waals surface area contributed by atoms with Crippen LogP contribution in [-0.4, -0.2) is 80.3 Å². The van der Waals surface area contributed by atoms with Gasteiger partial charge >= 0.3 is 0 Å². The lowest BCUT2D eigenvalue weighted by atomic mass is 9.76. The maximum Gasteiger partial charge on any atom is 0.231 e. The van der Waals surface area contributed by atoms with Crippen molar-refractivity contribution in [3.05, 3.63) is 23.8 Å². The van der Waals surface area contributed by atoms with Crippen molar-refractivity contribution in [2.75, 3.05) is 59.7 Å². The lowest BCUT2D eigenvalue weighted by molar-refractivity contribution is -0.137. The fourth-order valence-electron chi connectivity index (χ4n) is 4.42. The minimum absolute atomic E-state index is 0.115. The van der Waals surface area contributed by atoms with E-state index in [1.807, 2.05) is 6.07 Å². The molecule has 0 saturated carbocycles. The van der Waals surface area contributed by atoms with Gasteiger partial charge in [-0.05, 0) is 43.0 Å². The number of likely N-dealkylation sites (tertiary alicyclic amines) is 1. The van der Waals surface area contributed by atoms with Gasteiger partial charge in [-0.1, -0.05) is 13.0 Å². The minimum Gasteiger partial charge on any atom is -0.454 e. The van der Waals surface area contributed by atoms with Crippen molar-refractivity contribution in [1.29, 1.82) is 0 Å². The number of rotatable bonds is 5. The number of benzene rings is 1. The van der Waals surface area contributed by atoms with Crippen LogP contribution in [0, 0.1) is 5.41 Å². The van der Waals surface area contributed by atoms with Gasteiger partial charge in [-0.25, -0.2) is 0 Å². The maximum absolute atomic E-state index is 12.5. The molecule has 1 aromatic carbocycles. The Morgan fingerprint density at radius 2 is 1.85 bits per heavy atom. The van der Waals surface area contributed by atoms with Gasteiger partial charge in [0.25, 0.3) is 0 Å². The fraction of sp³-hybridized carbons (Fsp3) is 0.667. The standard InChI is InChI=1S/C21H31N3O3/c1-21(14-17-3-4-18-19(13-17)27-16-26-18)6-5-20(25)24(15-21)12-11-23-9-7-22(2)8-10-23/h3-4,13H,5-12,14-16H2,1-2H3. The van der Waals surface area contributed by atoms with Crippen molar-refractivity contribution < 1.29 is 14.3 Å². The molecule has 6 nitrogen and oxygen atoms in total. The van der Waals surface area contributed by atoms with E-state index in [1.165, 1.54) is 5.56 Å². The van der Waals surface area contributed by atoms with Crippen LogP contribution in [0.2, 0.25) is 0 Å². The normalized spacial score (nSPS) is 26.6. The molecule has 0 radical (unpaired) electrons. The van der Waals surface area contributed by atoms with E-state index >= 15 is 0 Å². The number of nitrogens with zero attached hydrogens (tertiary/aromatic N) is 3. The molecule has 0 spiro atoms. The van der Waals surface area contributed by atoms with Gasteiger partial charge in [-0.3, -0.25) is 9.69 Å². The molecule has 0 N–H and O–H groups in total. The molecular weight excluding hydrogens is 342 g/mol. The highest BCUT2D eigenvalue weighted by Gasteiger charge is 2.35. The number of carbonyl (C=O) groups excluding carboxylic acids is 1. The molecule has 2 saturated heterocycles. The number of ether oxygens (including phenoxy) is 2. The molecule has 3 heterocycles. The highest BCUT2D eigenvalue weighted by Crippen LogP contribution is 2.37. The van der Waals surface area contributed by atoms with Crippen molar-refractivity contribution in [2.24, 2.45) is 5.41 Å². The molecule has 3 aliphatic rings. The van der Waals surface area contributed by atoms with Crippen LogP contribution < -0.4 is 9.47 Å². The molecule has 4 rings (SSSR count). The van der Waals surface area contributed by atoms with E-state index in [9.17, 15) is 4.79 Å². The first-order chi connectivity index (χ1) is 13.0. The maximum atomic E-state index is 12.5. The number of piperazine rings is 1. The number of fused-ring (bicyclic) bond motifs is 1. The molecule has 6 heteroatoms. The molecule has 2 fully saturated rings. The highest BCUT2D eigenvalue weighted by molar-refractivity contribution is 5.77. The van der Waals surface area contributed by atoms with Crippen LogP contribution in [0.15, 0.2) is 18.2 Å². The van der Waals surface area contributed by atoms with Crippen LogP contribution in [0.3, 0.4) is 0 Å². The second-order valence-corrected chi connectivity index (χ2v) is 8.64. The summed E-state index contributed by atoms with van der Waals surface area (Å²) in [5.41, 5.74) is 1.37. The molecular formula is C21H31N3O3. The zero-order valence-corrected chi connectivity index (χ0v) is 16.6. The second kappa shape index (κ2) is 7.68. The van der Waals surface area contributed by atoms with Gasteiger partial charge in [0, 0.05) is 52.2 Å². The quantitative estimate of drug-likeness (QED) is 0.788. The van der Waals surface area contributed by atoms with Crippen LogP contribution >= 0.6 is 0 Å². The van der Waals surface area contributed by atoms with Gasteiger partial charge in [0.2, 0.25) is 12.7 Å². The van der Waals surface area contributed by atoms with E-state index < -0.39 is 0 Å². The third kappa shape index (κ3) is 4.38. The van der Waals surface area contributed by atoms with E-state index in [0.717, 1.165) is 70.2 Å². The van der Waals surface area contributed by atoms with E-state index in [0.29, 0.717) is 19.1 Å². The van der Waals surface area contributed by atoms with Gasteiger partial charge in [0.05, 0.1) is 0 Å². The summed E-state index contributed by atoms with van der Waals surface area (Å²) in [6.07, 6.45) is 2.57. The zero-order chi connectivity index (χ0) is 18.9. The first-order valence-electron chi connectivity index (χ1n) is 10.1. The predicted octanol–water partition coefficient (Wildman–Crippen LogP) is 1.83. The third-order valence-corrected chi connectivity index (χ3v) is 6.22. The predicted molar refractivity (Wildman–Crippen MR) is 104 cm³/mol. The van der Waals surface area contributed by atoms with E-state index in [-0.39, 0.29) is 5.41 Å². The molecule has 3 aliphatic heterocycles. The van der Waals surface area contributed by atoms with Crippen LogP contribution in [0.25, 0.3) is 0 Å². The number of likely N-dealkylation sites (N-methyl/N-ethyl adjacent to an activating group) is 1. The summed E-state index contributed by atoms with van der Waals surface area (Å²) >= 11 is 0. The molecule has 0 bridgehead atoms. The van der Waals surface area contributed by atoms with Gasteiger partial charge < -0.3 is 19.3 Å². The Hall–Kier alpha value is -1.79. The molecule has 148 valence electrons. The zero-order valence-electron chi connectivity index (χ0n) is 16.6. The average Bonchev–Trinajstić information content (AvgIpc) is 3.12. The van der Waals surface area contributed by atoms with Crippen molar-refractivity contribution in [3.8, 4) is 11.5 Å².